The molecule has 0 aromatic carbocycles. The van der Waals surface area contributed by atoms with Crippen molar-refractivity contribution in [2.24, 2.45) is 0 Å². The zero-order chi connectivity index (χ0) is 20.3. The molecule has 5 rings (SSSR count). The van der Waals surface area contributed by atoms with Gasteiger partial charge in [0.1, 0.15) is 11.2 Å². The Kier molecular flexibility index (Phi) is 6.21. The van der Waals surface area contributed by atoms with Crippen LogP contribution in [0.1, 0.15) is 87.5 Å². The second-order valence-electron chi connectivity index (χ2n) is 9.24. The van der Waals surface area contributed by atoms with Gasteiger partial charge in [0.25, 0.3) is 5.91 Å². The van der Waals surface area contributed by atoms with Crippen molar-refractivity contribution in [2.45, 2.75) is 102 Å². The van der Waals surface area contributed by atoms with E-state index >= 15 is 0 Å². The van der Waals surface area contributed by atoms with E-state index in [1.54, 1.807) is 17.7 Å². The molecule has 0 radical (unpaired) electrons. The minimum absolute atomic E-state index is 0.101. The number of ether oxygens (including phenoxy) is 1. The second-order valence-corrected chi connectivity index (χ2v) is 10.3. The van der Waals surface area contributed by atoms with E-state index in [4.69, 9.17) is 4.74 Å². The molecule has 2 heterocycles. The molecule has 2 fully saturated rings. The van der Waals surface area contributed by atoms with E-state index in [-0.39, 0.29) is 12.5 Å². The van der Waals surface area contributed by atoms with Crippen molar-refractivity contribution in [1.82, 2.24) is 14.9 Å². The largest absolute Gasteiger partial charge is 0.467 e. The van der Waals surface area contributed by atoms with Gasteiger partial charge in [0.05, 0.1) is 5.39 Å². The van der Waals surface area contributed by atoms with Gasteiger partial charge in [0.2, 0.25) is 5.88 Å². The molecule has 6 heteroatoms. The summed E-state index contributed by atoms with van der Waals surface area (Å²) in [6.07, 6.45) is 18.5. The van der Waals surface area contributed by atoms with Crippen molar-refractivity contribution in [3.63, 3.8) is 0 Å². The third-order valence-corrected chi connectivity index (χ3v) is 8.47. The lowest BCUT2D eigenvalue weighted by atomic mass is 9.88. The van der Waals surface area contributed by atoms with E-state index in [0.29, 0.717) is 18.0 Å². The zero-order valence-corrected chi connectivity index (χ0v) is 18.7. The Hall–Kier alpha value is -1.69. The summed E-state index contributed by atoms with van der Waals surface area (Å²) < 4.78 is 6.13. The summed E-state index contributed by atoms with van der Waals surface area (Å²) in [4.78, 5) is 27.0. The SMILES string of the molecule is O=C(COc1ncnc2sc3c(c12)CCCC3)N(C1CCCCC1)C1CCCCC1. The van der Waals surface area contributed by atoms with E-state index < -0.39 is 0 Å². The first-order chi connectivity index (χ1) is 14.8. The van der Waals surface area contributed by atoms with Crippen LogP contribution >= 0.6 is 11.3 Å². The lowest BCUT2D eigenvalue weighted by Gasteiger charge is -2.41. The summed E-state index contributed by atoms with van der Waals surface area (Å²) in [7, 11) is 0. The number of hydrogen-bond donors (Lipinski definition) is 0. The molecule has 3 aliphatic rings. The summed E-state index contributed by atoms with van der Waals surface area (Å²) in [5.41, 5.74) is 1.36. The standard InChI is InChI=1S/C24H33N3O2S/c28-21(27(17-9-3-1-4-10-17)18-11-5-2-6-12-18)15-29-23-22-19-13-7-8-14-20(19)30-24(22)26-16-25-23/h16-18H,1-15H2. The molecule has 30 heavy (non-hydrogen) atoms. The molecule has 0 aliphatic heterocycles. The van der Waals surface area contributed by atoms with E-state index in [2.05, 4.69) is 14.9 Å². The molecule has 2 aromatic rings. The maximum atomic E-state index is 13.4. The van der Waals surface area contributed by atoms with Crippen molar-refractivity contribution in [3.05, 3.63) is 16.8 Å². The molecule has 2 aromatic heterocycles. The highest BCUT2D eigenvalue weighted by atomic mass is 32.1. The molecule has 0 N–H and O–H groups in total. The molecule has 5 nitrogen and oxygen atoms in total. The van der Waals surface area contributed by atoms with Crippen LogP contribution in [0, 0.1) is 0 Å². The van der Waals surface area contributed by atoms with E-state index in [0.717, 1.165) is 48.7 Å². The number of aryl methyl sites for hydroxylation is 2. The number of carbonyl (C=O) groups is 1. The van der Waals surface area contributed by atoms with Gasteiger partial charge in [0, 0.05) is 17.0 Å². The fourth-order valence-corrected chi connectivity index (χ4v) is 7.02. The van der Waals surface area contributed by atoms with Crippen LogP contribution in [0.2, 0.25) is 0 Å². The first-order valence-corrected chi connectivity index (χ1v) is 12.8. The highest BCUT2D eigenvalue weighted by molar-refractivity contribution is 7.18. The number of carbonyl (C=O) groups excluding carboxylic acids is 1. The molecule has 0 spiro atoms. The van der Waals surface area contributed by atoms with Crippen LogP contribution in [0.15, 0.2) is 6.33 Å². The smallest absolute Gasteiger partial charge is 0.261 e. The van der Waals surface area contributed by atoms with Crippen molar-refractivity contribution >= 4 is 27.5 Å². The van der Waals surface area contributed by atoms with Crippen molar-refractivity contribution in [1.29, 1.82) is 0 Å². The van der Waals surface area contributed by atoms with Crippen LogP contribution in [-0.4, -0.2) is 39.5 Å². The van der Waals surface area contributed by atoms with Gasteiger partial charge in [-0.3, -0.25) is 4.79 Å². The Morgan fingerprint density at radius 3 is 2.30 bits per heavy atom. The van der Waals surface area contributed by atoms with Gasteiger partial charge in [-0.2, -0.15) is 0 Å². The fraction of sp³-hybridized carbons (Fsp3) is 0.708. The summed E-state index contributed by atoms with van der Waals surface area (Å²) in [5, 5.41) is 1.06. The average Bonchev–Trinajstić information content (AvgIpc) is 3.19. The Balaban J connectivity index is 1.35. The van der Waals surface area contributed by atoms with E-state index in [1.807, 2.05) is 0 Å². The molecule has 0 unspecified atom stereocenters. The lowest BCUT2D eigenvalue weighted by Crippen LogP contribution is -2.50. The topological polar surface area (TPSA) is 55.3 Å². The Morgan fingerprint density at radius 2 is 1.60 bits per heavy atom. The average molecular weight is 428 g/mol. The maximum absolute atomic E-state index is 13.4. The Labute approximate surface area is 183 Å². The minimum atomic E-state index is 0.101. The van der Waals surface area contributed by atoms with Crippen LogP contribution < -0.4 is 4.74 Å². The second kappa shape index (κ2) is 9.21. The number of nitrogens with zero attached hydrogens (tertiary/aromatic N) is 3. The van der Waals surface area contributed by atoms with Gasteiger partial charge in [-0.25, -0.2) is 9.97 Å². The van der Waals surface area contributed by atoms with Crippen LogP contribution in [0.3, 0.4) is 0 Å². The predicted molar refractivity (Wildman–Crippen MR) is 120 cm³/mol. The van der Waals surface area contributed by atoms with Crippen LogP contribution in [-0.2, 0) is 17.6 Å². The Bertz CT molecular complexity index is 866. The molecule has 1 amide bonds. The molecule has 3 aliphatic carbocycles. The van der Waals surface area contributed by atoms with Crippen molar-refractivity contribution in [3.8, 4) is 5.88 Å². The number of fused-ring (bicyclic) bond motifs is 3. The number of amides is 1. The van der Waals surface area contributed by atoms with E-state index in [1.165, 1.54) is 61.8 Å². The van der Waals surface area contributed by atoms with Gasteiger partial charge >= 0.3 is 0 Å². The van der Waals surface area contributed by atoms with Crippen LogP contribution in [0.4, 0.5) is 0 Å². The molecule has 162 valence electrons. The fourth-order valence-electron chi connectivity index (χ4n) is 5.80. The molecule has 0 saturated heterocycles. The van der Waals surface area contributed by atoms with Gasteiger partial charge in [0.15, 0.2) is 6.61 Å². The van der Waals surface area contributed by atoms with Crippen molar-refractivity contribution in [2.75, 3.05) is 6.61 Å². The number of hydrogen-bond acceptors (Lipinski definition) is 5. The third kappa shape index (κ3) is 4.08. The van der Waals surface area contributed by atoms with Crippen LogP contribution in [0.25, 0.3) is 10.2 Å². The summed E-state index contributed by atoms with van der Waals surface area (Å²) in [6.45, 7) is 0.101. The number of aromatic nitrogens is 2. The highest BCUT2D eigenvalue weighted by Crippen LogP contribution is 2.39. The van der Waals surface area contributed by atoms with Gasteiger partial charge in [-0.15, -0.1) is 11.3 Å². The Morgan fingerprint density at radius 1 is 0.933 bits per heavy atom. The van der Waals surface area contributed by atoms with Gasteiger partial charge < -0.3 is 9.64 Å². The minimum Gasteiger partial charge on any atom is -0.467 e. The summed E-state index contributed by atoms with van der Waals surface area (Å²) >= 11 is 1.77. The zero-order valence-electron chi connectivity index (χ0n) is 17.9. The van der Waals surface area contributed by atoms with Gasteiger partial charge in [-0.05, 0) is 56.9 Å². The third-order valence-electron chi connectivity index (χ3n) is 7.27. The molecular weight excluding hydrogens is 394 g/mol. The quantitative estimate of drug-likeness (QED) is 0.637. The van der Waals surface area contributed by atoms with Crippen molar-refractivity contribution < 1.29 is 9.53 Å². The molecule has 0 bridgehead atoms. The normalized spacial score (nSPS) is 20.8. The number of thiophene rings is 1. The summed E-state index contributed by atoms with van der Waals surface area (Å²) in [5.74, 6) is 0.768. The highest BCUT2D eigenvalue weighted by Gasteiger charge is 2.33. The summed E-state index contributed by atoms with van der Waals surface area (Å²) in [6, 6.07) is 0.801. The van der Waals surface area contributed by atoms with Gasteiger partial charge in [-0.1, -0.05) is 38.5 Å². The molecule has 0 atom stereocenters. The predicted octanol–water partition coefficient (Wildman–Crippen LogP) is 5.44. The molecular formula is C24H33N3O2S. The first-order valence-electron chi connectivity index (χ1n) is 12.0. The first kappa shape index (κ1) is 20.2. The molecule has 2 saturated carbocycles. The lowest BCUT2D eigenvalue weighted by molar-refractivity contribution is -0.140. The van der Waals surface area contributed by atoms with E-state index in [9.17, 15) is 4.79 Å². The maximum Gasteiger partial charge on any atom is 0.261 e. The number of rotatable bonds is 5. The monoisotopic (exact) mass is 427 g/mol. The van der Waals surface area contributed by atoms with Crippen LogP contribution in [0.5, 0.6) is 5.88 Å².